The molecular formula is C13H14N2OS. The average molecular weight is 246 g/mol. The maximum absolute atomic E-state index is 12.1. The van der Waals surface area contributed by atoms with Gasteiger partial charge in [-0.2, -0.15) is 0 Å². The zero-order chi connectivity index (χ0) is 12.3. The van der Waals surface area contributed by atoms with Gasteiger partial charge >= 0.3 is 0 Å². The number of rotatable bonds is 3. The highest BCUT2D eigenvalue weighted by molar-refractivity contribution is 7.84. The van der Waals surface area contributed by atoms with Gasteiger partial charge in [-0.3, -0.25) is 4.21 Å². The second-order valence-electron chi connectivity index (χ2n) is 3.91. The van der Waals surface area contributed by atoms with E-state index in [9.17, 15) is 4.21 Å². The lowest BCUT2D eigenvalue weighted by atomic mass is 10.2. The summed E-state index contributed by atoms with van der Waals surface area (Å²) in [4.78, 5) is 8.44. The van der Waals surface area contributed by atoms with E-state index in [0.29, 0.717) is 10.9 Å². The van der Waals surface area contributed by atoms with E-state index < -0.39 is 10.8 Å². The van der Waals surface area contributed by atoms with Gasteiger partial charge in [0.05, 0.1) is 16.6 Å². The van der Waals surface area contributed by atoms with Gasteiger partial charge in [0.25, 0.3) is 0 Å². The van der Waals surface area contributed by atoms with Crippen molar-refractivity contribution in [1.82, 2.24) is 9.97 Å². The summed E-state index contributed by atoms with van der Waals surface area (Å²) in [7, 11) is -1.18. The number of hydrogen-bond donors (Lipinski definition) is 0. The summed E-state index contributed by atoms with van der Waals surface area (Å²) in [5.74, 6) is 0.462. The van der Waals surface area contributed by atoms with Crippen LogP contribution in [0.25, 0.3) is 0 Å². The van der Waals surface area contributed by atoms with E-state index in [0.717, 1.165) is 17.0 Å². The molecule has 0 spiro atoms. The summed E-state index contributed by atoms with van der Waals surface area (Å²) in [5.41, 5.74) is 2.75. The first-order valence-electron chi connectivity index (χ1n) is 5.40. The maximum atomic E-state index is 12.1. The van der Waals surface area contributed by atoms with Crippen LogP contribution in [0, 0.1) is 13.8 Å². The summed E-state index contributed by atoms with van der Waals surface area (Å²) in [5, 5.41) is 0.423. The summed E-state index contributed by atoms with van der Waals surface area (Å²) in [6, 6.07) is 11.6. The molecule has 0 fully saturated rings. The zero-order valence-corrected chi connectivity index (χ0v) is 10.7. The molecule has 0 aliphatic carbocycles. The number of hydrogen-bond acceptors (Lipinski definition) is 3. The van der Waals surface area contributed by atoms with Crippen LogP contribution in [0.15, 0.2) is 41.6 Å². The van der Waals surface area contributed by atoms with Gasteiger partial charge in [0.15, 0.2) is 0 Å². The Labute approximate surface area is 103 Å². The molecule has 88 valence electrons. The Morgan fingerprint density at radius 3 is 2.24 bits per heavy atom. The van der Waals surface area contributed by atoms with E-state index >= 15 is 0 Å². The number of aryl methyl sites for hydroxylation is 2. The van der Waals surface area contributed by atoms with Gasteiger partial charge < -0.3 is 0 Å². The largest absolute Gasteiger partial charge is 0.251 e. The molecule has 1 aromatic carbocycles. The van der Waals surface area contributed by atoms with Crippen molar-refractivity contribution in [2.75, 3.05) is 0 Å². The van der Waals surface area contributed by atoms with Crippen molar-refractivity contribution in [3.63, 3.8) is 0 Å². The highest BCUT2D eigenvalue weighted by Gasteiger charge is 2.09. The van der Waals surface area contributed by atoms with Crippen LogP contribution in [-0.4, -0.2) is 14.2 Å². The van der Waals surface area contributed by atoms with Crippen molar-refractivity contribution >= 4 is 10.8 Å². The fourth-order valence-corrected chi connectivity index (χ4v) is 2.70. The molecule has 1 atom stereocenters. The molecule has 1 aromatic heterocycles. The molecule has 0 saturated carbocycles. The minimum absolute atomic E-state index is 0.423. The average Bonchev–Trinajstić information content (AvgIpc) is 2.29. The Bertz CT molecular complexity index is 520. The Morgan fingerprint density at radius 2 is 1.65 bits per heavy atom. The molecule has 0 saturated heterocycles. The van der Waals surface area contributed by atoms with E-state index in [4.69, 9.17) is 0 Å². The Morgan fingerprint density at radius 1 is 1.06 bits per heavy atom. The van der Waals surface area contributed by atoms with Gasteiger partial charge in [0, 0.05) is 11.4 Å². The molecular weight excluding hydrogens is 232 g/mol. The summed E-state index contributed by atoms with van der Waals surface area (Å²) in [6.45, 7) is 3.77. The normalized spacial score (nSPS) is 12.4. The van der Waals surface area contributed by atoms with E-state index in [1.54, 1.807) is 0 Å². The van der Waals surface area contributed by atoms with Crippen molar-refractivity contribution in [2.24, 2.45) is 0 Å². The van der Waals surface area contributed by atoms with Crippen LogP contribution in [0.1, 0.15) is 17.0 Å². The second kappa shape index (κ2) is 5.19. The van der Waals surface area contributed by atoms with E-state index in [2.05, 4.69) is 9.97 Å². The van der Waals surface area contributed by atoms with Crippen LogP contribution < -0.4 is 0 Å². The minimum atomic E-state index is -1.18. The SMILES string of the molecule is Cc1cc(C)nc(S(=O)Cc2ccccc2)n1. The van der Waals surface area contributed by atoms with Crippen molar-refractivity contribution < 1.29 is 4.21 Å². The first-order chi connectivity index (χ1) is 8.15. The number of benzene rings is 1. The highest BCUT2D eigenvalue weighted by Crippen LogP contribution is 2.09. The summed E-state index contributed by atoms with van der Waals surface area (Å²) < 4.78 is 12.1. The second-order valence-corrected chi connectivity index (χ2v) is 5.25. The first-order valence-corrected chi connectivity index (χ1v) is 6.71. The summed E-state index contributed by atoms with van der Waals surface area (Å²) in [6.07, 6.45) is 0. The molecule has 2 aromatic rings. The van der Waals surface area contributed by atoms with E-state index in [1.165, 1.54) is 0 Å². The maximum Gasteiger partial charge on any atom is 0.219 e. The highest BCUT2D eigenvalue weighted by atomic mass is 32.2. The van der Waals surface area contributed by atoms with Crippen LogP contribution in [-0.2, 0) is 16.6 Å². The molecule has 0 aliphatic heterocycles. The number of aromatic nitrogens is 2. The third kappa shape index (κ3) is 3.20. The third-order valence-electron chi connectivity index (χ3n) is 2.31. The number of nitrogens with zero attached hydrogens (tertiary/aromatic N) is 2. The smallest absolute Gasteiger partial charge is 0.219 e. The van der Waals surface area contributed by atoms with Gasteiger partial charge in [0.2, 0.25) is 5.16 Å². The van der Waals surface area contributed by atoms with Gasteiger partial charge in [-0.15, -0.1) is 0 Å². The molecule has 1 heterocycles. The topological polar surface area (TPSA) is 42.9 Å². The lowest BCUT2D eigenvalue weighted by Gasteiger charge is -2.03. The Kier molecular flexibility index (Phi) is 3.64. The van der Waals surface area contributed by atoms with E-state index in [-0.39, 0.29) is 0 Å². The predicted octanol–water partition coefficient (Wildman–Crippen LogP) is 2.40. The third-order valence-corrected chi connectivity index (χ3v) is 3.49. The van der Waals surface area contributed by atoms with Crippen LogP contribution in [0.5, 0.6) is 0 Å². The molecule has 0 amide bonds. The fraction of sp³-hybridized carbons (Fsp3) is 0.231. The van der Waals surface area contributed by atoms with Gasteiger partial charge in [-0.1, -0.05) is 30.3 Å². The monoisotopic (exact) mass is 246 g/mol. The molecule has 3 nitrogen and oxygen atoms in total. The van der Waals surface area contributed by atoms with Crippen LogP contribution in [0.4, 0.5) is 0 Å². The molecule has 1 unspecified atom stereocenters. The Balaban J connectivity index is 2.20. The molecule has 2 rings (SSSR count). The molecule has 0 bridgehead atoms. The molecule has 0 aliphatic rings. The molecule has 0 radical (unpaired) electrons. The fourth-order valence-electron chi connectivity index (χ4n) is 1.59. The van der Waals surface area contributed by atoms with Gasteiger partial charge in [0.1, 0.15) is 0 Å². The predicted molar refractivity (Wildman–Crippen MR) is 68.1 cm³/mol. The Hall–Kier alpha value is -1.55. The zero-order valence-electron chi connectivity index (χ0n) is 9.88. The van der Waals surface area contributed by atoms with Gasteiger partial charge in [-0.25, -0.2) is 9.97 Å². The van der Waals surface area contributed by atoms with Crippen LogP contribution >= 0.6 is 0 Å². The molecule has 17 heavy (non-hydrogen) atoms. The van der Waals surface area contributed by atoms with Crippen LogP contribution in [0.3, 0.4) is 0 Å². The van der Waals surface area contributed by atoms with E-state index in [1.807, 2.05) is 50.2 Å². The quantitative estimate of drug-likeness (QED) is 0.781. The molecule has 0 N–H and O–H groups in total. The van der Waals surface area contributed by atoms with Gasteiger partial charge in [-0.05, 0) is 25.5 Å². The van der Waals surface area contributed by atoms with Crippen molar-refractivity contribution in [1.29, 1.82) is 0 Å². The van der Waals surface area contributed by atoms with Crippen molar-refractivity contribution in [3.05, 3.63) is 53.3 Å². The molecule has 4 heteroatoms. The standard InChI is InChI=1S/C13H14N2OS/c1-10-8-11(2)15-13(14-10)17(16)9-12-6-4-3-5-7-12/h3-8H,9H2,1-2H3. The lowest BCUT2D eigenvalue weighted by Crippen LogP contribution is -2.04. The van der Waals surface area contributed by atoms with Crippen molar-refractivity contribution in [3.8, 4) is 0 Å². The minimum Gasteiger partial charge on any atom is -0.251 e. The lowest BCUT2D eigenvalue weighted by molar-refractivity contribution is 0.673. The van der Waals surface area contributed by atoms with Crippen LogP contribution in [0.2, 0.25) is 0 Å². The summed E-state index contributed by atoms with van der Waals surface area (Å²) >= 11 is 0. The first kappa shape index (κ1) is 11.9. The van der Waals surface area contributed by atoms with Crippen molar-refractivity contribution in [2.45, 2.75) is 24.8 Å².